The second-order valence-corrected chi connectivity index (χ2v) is 2.85. The van der Waals surface area contributed by atoms with Crippen molar-refractivity contribution in [3.8, 4) is 0 Å². The Bertz CT molecular complexity index is 448. The summed E-state index contributed by atoms with van der Waals surface area (Å²) in [5.74, 6) is -0.187. The molecular formula is C10H9N3O. The van der Waals surface area contributed by atoms with Gasteiger partial charge in [0, 0.05) is 12.4 Å². The number of hydrogen-bond donors (Lipinski definition) is 2. The molecule has 0 saturated heterocycles. The highest BCUT2D eigenvalue weighted by Crippen LogP contribution is 2.11. The molecule has 4 nitrogen and oxygen atoms in total. The molecule has 0 amide bonds. The molecule has 0 atom stereocenters. The quantitative estimate of drug-likeness (QED) is 0.694. The van der Waals surface area contributed by atoms with E-state index in [4.69, 9.17) is 5.73 Å². The lowest BCUT2D eigenvalue weighted by molar-refractivity contribution is 0.103. The van der Waals surface area contributed by atoms with Gasteiger partial charge in [0.2, 0.25) is 5.78 Å². The van der Waals surface area contributed by atoms with Gasteiger partial charge >= 0.3 is 0 Å². The summed E-state index contributed by atoms with van der Waals surface area (Å²) in [4.78, 5) is 18.5. The van der Waals surface area contributed by atoms with Crippen LogP contribution >= 0.6 is 0 Å². The minimum atomic E-state index is -0.187. The SMILES string of the molecule is Nc1cccnc1C(=O)c1ccc[nH]1. The van der Waals surface area contributed by atoms with Gasteiger partial charge in [-0.05, 0) is 24.3 Å². The number of hydrogen-bond acceptors (Lipinski definition) is 3. The topological polar surface area (TPSA) is 71.8 Å². The van der Waals surface area contributed by atoms with E-state index in [2.05, 4.69) is 9.97 Å². The number of nitrogens with zero attached hydrogens (tertiary/aromatic N) is 1. The molecule has 0 radical (unpaired) electrons. The van der Waals surface area contributed by atoms with Crippen molar-refractivity contribution in [3.63, 3.8) is 0 Å². The molecule has 0 bridgehead atoms. The van der Waals surface area contributed by atoms with Crippen LogP contribution in [0.1, 0.15) is 16.2 Å². The molecule has 0 aliphatic rings. The zero-order chi connectivity index (χ0) is 9.97. The average molecular weight is 187 g/mol. The molecule has 2 heterocycles. The molecule has 0 aliphatic carbocycles. The Hall–Kier alpha value is -2.10. The Morgan fingerprint density at radius 2 is 2.21 bits per heavy atom. The summed E-state index contributed by atoms with van der Waals surface area (Å²) in [7, 11) is 0. The van der Waals surface area contributed by atoms with Crippen LogP contribution in [0.2, 0.25) is 0 Å². The van der Waals surface area contributed by atoms with E-state index >= 15 is 0 Å². The number of aromatic amines is 1. The summed E-state index contributed by atoms with van der Waals surface area (Å²) >= 11 is 0. The smallest absolute Gasteiger partial charge is 0.229 e. The van der Waals surface area contributed by atoms with E-state index in [0.717, 1.165) is 0 Å². The Labute approximate surface area is 80.8 Å². The molecule has 14 heavy (non-hydrogen) atoms. The lowest BCUT2D eigenvalue weighted by atomic mass is 10.2. The van der Waals surface area contributed by atoms with Gasteiger partial charge in [-0.3, -0.25) is 9.78 Å². The second-order valence-electron chi connectivity index (χ2n) is 2.85. The van der Waals surface area contributed by atoms with E-state index in [0.29, 0.717) is 11.4 Å². The van der Waals surface area contributed by atoms with E-state index in [1.54, 1.807) is 36.7 Å². The van der Waals surface area contributed by atoms with Crippen LogP contribution in [0, 0.1) is 0 Å². The van der Waals surface area contributed by atoms with Crippen molar-refractivity contribution in [3.05, 3.63) is 48.0 Å². The first-order valence-corrected chi connectivity index (χ1v) is 4.17. The molecule has 4 heteroatoms. The number of H-pyrrole nitrogens is 1. The van der Waals surface area contributed by atoms with E-state index in [1.807, 2.05) is 0 Å². The van der Waals surface area contributed by atoms with Gasteiger partial charge in [0.25, 0.3) is 0 Å². The van der Waals surface area contributed by atoms with Crippen molar-refractivity contribution >= 4 is 11.5 Å². The van der Waals surface area contributed by atoms with Crippen molar-refractivity contribution in [2.75, 3.05) is 5.73 Å². The lowest BCUT2D eigenvalue weighted by Gasteiger charge is -2.00. The number of rotatable bonds is 2. The van der Waals surface area contributed by atoms with Gasteiger partial charge in [-0.1, -0.05) is 0 Å². The van der Waals surface area contributed by atoms with Crippen LogP contribution in [0.4, 0.5) is 5.69 Å². The number of anilines is 1. The minimum Gasteiger partial charge on any atom is -0.397 e. The first kappa shape index (κ1) is 8.50. The fourth-order valence-corrected chi connectivity index (χ4v) is 1.21. The molecule has 0 unspecified atom stereocenters. The van der Waals surface area contributed by atoms with Crippen LogP contribution in [-0.2, 0) is 0 Å². The van der Waals surface area contributed by atoms with Crippen LogP contribution < -0.4 is 5.73 Å². The average Bonchev–Trinajstić information content (AvgIpc) is 2.70. The van der Waals surface area contributed by atoms with Crippen LogP contribution in [0.5, 0.6) is 0 Å². The van der Waals surface area contributed by atoms with E-state index < -0.39 is 0 Å². The minimum absolute atomic E-state index is 0.187. The molecule has 0 aliphatic heterocycles. The summed E-state index contributed by atoms with van der Waals surface area (Å²) in [5.41, 5.74) is 6.81. The third-order valence-electron chi connectivity index (χ3n) is 1.90. The molecule has 3 N–H and O–H groups in total. The largest absolute Gasteiger partial charge is 0.397 e. The number of nitrogens with two attached hydrogens (primary N) is 1. The number of carbonyl (C=O) groups is 1. The summed E-state index contributed by atoms with van der Waals surface area (Å²) < 4.78 is 0. The monoisotopic (exact) mass is 187 g/mol. The molecule has 0 spiro atoms. The summed E-state index contributed by atoms with van der Waals surface area (Å²) in [6, 6.07) is 6.80. The summed E-state index contributed by atoms with van der Waals surface area (Å²) in [6.45, 7) is 0. The standard InChI is InChI=1S/C10H9N3O/c11-7-3-1-6-13-9(7)10(14)8-4-2-5-12-8/h1-6,12H,11H2. The van der Waals surface area contributed by atoms with Crippen LogP contribution in [0.3, 0.4) is 0 Å². The highest BCUT2D eigenvalue weighted by Gasteiger charge is 2.13. The molecule has 2 rings (SSSR count). The van der Waals surface area contributed by atoms with Gasteiger partial charge in [0.05, 0.1) is 11.4 Å². The summed E-state index contributed by atoms with van der Waals surface area (Å²) in [5, 5.41) is 0. The highest BCUT2D eigenvalue weighted by atomic mass is 16.1. The number of pyridine rings is 1. The third kappa shape index (κ3) is 1.37. The first-order valence-electron chi connectivity index (χ1n) is 4.17. The molecule has 2 aromatic heterocycles. The zero-order valence-electron chi connectivity index (χ0n) is 7.40. The number of ketones is 1. The van der Waals surface area contributed by atoms with Gasteiger partial charge in [-0.15, -0.1) is 0 Å². The van der Waals surface area contributed by atoms with E-state index in [9.17, 15) is 4.79 Å². The molecule has 70 valence electrons. The maximum Gasteiger partial charge on any atom is 0.229 e. The fraction of sp³-hybridized carbons (Fsp3) is 0. The molecular weight excluding hydrogens is 178 g/mol. The number of nitrogens with one attached hydrogen (secondary N) is 1. The van der Waals surface area contributed by atoms with Gasteiger partial charge in [-0.25, -0.2) is 0 Å². The zero-order valence-corrected chi connectivity index (χ0v) is 7.40. The van der Waals surface area contributed by atoms with E-state index in [-0.39, 0.29) is 11.5 Å². The summed E-state index contributed by atoms with van der Waals surface area (Å²) in [6.07, 6.45) is 3.24. The van der Waals surface area contributed by atoms with Gasteiger partial charge in [0.1, 0.15) is 5.69 Å². The predicted molar refractivity (Wildman–Crippen MR) is 52.9 cm³/mol. The number of aromatic nitrogens is 2. The highest BCUT2D eigenvalue weighted by molar-refractivity contribution is 6.09. The second kappa shape index (κ2) is 3.33. The molecule has 2 aromatic rings. The van der Waals surface area contributed by atoms with Gasteiger partial charge in [-0.2, -0.15) is 0 Å². The van der Waals surface area contributed by atoms with Gasteiger partial charge in [0.15, 0.2) is 0 Å². The first-order chi connectivity index (χ1) is 6.79. The Morgan fingerprint density at radius 1 is 1.36 bits per heavy atom. The van der Waals surface area contributed by atoms with E-state index in [1.165, 1.54) is 0 Å². The van der Waals surface area contributed by atoms with Crippen LogP contribution in [-0.4, -0.2) is 15.8 Å². The number of carbonyl (C=O) groups excluding carboxylic acids is 1. The predicted octanol–water partition coefficient (Wildman–Crippen LogP) is 1.22. The number of nitrogen functional groups attached to an aromatic ring is 1. The Balaban J connectivity index is 2.42. The molecule has 0 saturated carbocycles. The van der Waals surface area contributed by atoms with Crippen LogP contribution in [0.25, 0.3) is 0 Å². The molecule has 0 aromatic carbocycles. The maximum atomic E-state index is 11.8. The van der Waals surface area contributed by atoms with Gasteiger partial charge < -0.3 is 10.7 Å². The lowest BCUT2D eigenvalue weighted by Crippen LogP contribution is -2.07. The van der Waals surface area contributed by atoms with Crippen molar-refractivity contribution in [1.29, 1.82) is 0 Å². The Morgan fingerprint density at radius 3 is 2.86 bits per heavy atom. The van der Waals surface area contributed by atoms with Crippen molar-refractivity contribution in [1.82, 2.24) is 9.97 Å². The fourth-order valence-electron chi connectivity index (χ4n) is 1.21. The van der Waals surface area contributed by atoms with Crippen molar-refractivity contribution < 1.29 is 4.79 Å². The normalized spacial score (nSPS) is 10.0. The third-order valence-corrected chi connectivity index (χ3v) is 1.90. The van der Waals surface area contributed by atoms with Crippen LogP contribution in [0.15, 0.2) is 36.7 Å². The van der Waals surface area contributed by atoms with Crippen molar-refractivity contribution in [2.24, 2.45) is 0 Å². The van der Waals surface area contributed by atoms with Crippen molar-refractivity contribution in [2.45, 2.75) is 0 Å². The Kier molecular flexibility index (Phi) is 2.02. The molecule has 0 fully saturated rings. The maximum absolute atomic E-state index is 11.8.